The summed E-state index contributed by atoms with van der Waals surface area (Å²) in [6.45, 7) is 0.322. The summed E-state index contributed by atoms with van der Waals surface area (Å²) < 4.78 is 6.45. The van der Waals surface area contributed by atoms with Crippen LogP contribution in [0.4, 0.5) is 4.79 Å². The van der Waals surface area contributed by atoms with Crippen molar-refractivity contribution >= 4 is 12.1 Å². The van der Waals surface area contributed by atoms with Gasteiger partial charge in [0.2, 0.25) is 0 Å². The number of rotatable bonds is 5. The van der Waals surface area contributed by atoms with Gasteiger partial charge in [-0.1, -0.05) is 30.3 Å². The molecule has 0 saturated carbocycles. The molecule has 7 heteroatoms. The summed E-state index contributed by atoms with van der Waals surface area (Å²) in [5.74, 6) is -1.11. The van der Waals surface area contributed by atoms with Gasteiger partial charge in [0.1, 0.15) is 6.61 Å². The first-order valence-electron chi connectivity index (χ1n) is 6.27. The van der Waals surface area contributed by atoms with E-state index in [2.05, 4.69) is 10.4 Å². The number of benzene rings is 1. The predicted molar refractivity (Wildman–Crippen MR) is 73.6 cm³/mol. The zero-order chi connectivity index (χ0) is 15.2. The number of nitrogens with zero attached hydrogens (tertiary/aromatic N) is 2. The summed E-state index contributed by atoms with van der Waals surface area (Å²) in [5.41, 5.74) is 1.40. The maximum Gasteiger partial charge on any atom is 0.407 e. The van der Waals surface area contributed by atoms with Crippen molar-refractivity contribution in [3.63, 3.8) is 0 Å². The first kappa shape index (κ1) is 14.6. The smallest absolute Gasteiger partial charge is 0.407 e. The number of aryl methyl sites for hydroxylation is 1. The van der Waals surface area contributed by atoms with Gasteiger partial charge in [-0.15, -0.1) is 0 Å². The van der Waals surface area contributed by atoms with E-state index in [0.717, 1.165) is 5.56 Å². The van der Waals surface area contributed by atoms with E-state index < -0.39 is 12.1 Å². The maximum absolute atomic E-state index is 11.6. The molecule has 1 heterocycles. The van der Waals surface area contributed by atoms with E-state index in [1.54, 1.807) is 7.05 Å². The monoisotopic (exact) mass is 289 g/mol. The van der Waals surface area contributed by atoms with Crippen molar-refractivity contribution in [2.45, 2.75) is 13.2 Å². The van der Waals surface area contributed by atoms with E-state index in [9.17, 15) is 9.59 Å². The molecule has 0 aliphatic carbocycles. The minimum atomic E-state index is -1.11. The lowest BCUT2D eigenvalue weighted by atomic mass is 10.2. The van der Waals surface area contributed by atoms with Crippen molar-refractivity contribution in [2.75, 3.05) is 0 Å². The molecule has 7 nitrogen and oxygen atoms in total. The molecule has 1 aromatic heterocycles. The van der Waals surface area contributed by atoms with Gasteiger partial charge >= 0.3 is 12.1 Å². The van der Waals surface area contributed by atoms with Crippen LogP contribution in [-0.2, 0) is 24.9 Å². The summed E-state index contributed by atoms with van der Waals surface area (Å²) in [7, 11) is 1.61. The first-order chi connectivity index (χ1) is 10.1. The summed E-state index contributed by atoms with van der Waals surface area (Å²) >= 11 is 0. The number of carboxylic acid groups (broad SMARTS) is 1. The fourth-order valence-electron chi connectivity index (χ4n) is 1.71. The van der Waals surface area contributed by atoms with Gasteiger partial charge in [-0.25, -0.2) is 9.59 Å². The second-order valence-corrected chi connectivity index (χ2v) is 4.36. The highest BCUT2D eigenvalue weighted by Crippen LogP contribution is 2.04. The number of aromatic nitrogens is 2. The molecule has 0 fully saturated rings. The van der Waals surface area contributed by atoms with Crippen LogP contribution in [-0.4, -0.2) is 26.9 Å². The average molecular weight is 289 g/mol. The van der Waals surface area contributed by atoms with Gasteiger partial charge in [-0.3, -0.25) is 4.68 Å². The third kappa shape index (κ3) is 4.07. The fourth-order valence-corrected chi connectivity index (χ4v) is 1.71. The van der Waals surface area contributed by atoms with Crippen LogP contribution in [0.15, 0.2) is 36.4 Å². The largest absolute Gasteiger partial charge is 0.476 e. The Morgan fingerprint density at radius 3 is 2.67 bits per heavy atom. The molecule has 0 aliphatic rings. The predicted octanol–water partition coefficient (Wildman–Crippen LogP) is 1.54. The summed E-state index contributed by atoms with van der Waals surface area (Å²) in [6, 6.07) is 10.7. The van der Waals surface area contributed by atoms with Crippen molar-refractivity contribution in [2.24, 2.45) is 7.05 Å². The molecule has 1 amide bonds. The van der Waals surface area contributed by atoms with Crippen LogP contribution in [0.3, 0.4) is 0 Å². The molecular weight excluding hydrogens is 274 g/mol. The van der Waals surface area contributed by atoms with Crippen molar-refractivity contribution in [1.82, 2.24) is 15.1 Å². The first-order valence-corrected chi connectivity index (χ1v) is 6.27. The van der Waals surface area contributed by atoms with Crippen molar-refractivity contribution in [3.05, 3.63) is 53.3 Å². The van der Waals surface area contributed by atoms with E-state index in [1.807, 2.05) is 30.3 Å². The van der Waals surface area contributed by atoms with Crippen LogP contribution in [0.2, 0.25) is 0 Å². The molecule has 0 bridgehead atoms. The van der Waals surface area contributed by atoms with E-state index in [1.165, 1.54) is 10.7 Å². The average Bonchev–Trinajstić information content (AvgIpc) is 2.85. The van der Waals surface area contributed by atoms with Crippen LogP contribution < -0.4 is 5.32 Å². The lowest BCUT2D eigenvalue weighted by Gasteiger charge is -2.07. The normalized spacial score (nSPS) is 10.1. The number of alkyl carbamates (subject to hydrolysis) is 1. The third-order valence-electron chi connectivity index (χ3n) is 2.82. The highest BCUT2D eigenvalue weighted by molar-refractivity contribution is 5.85. The van der Waals surface area contributed by atoms with Crippen LogP contribution in [0.5, 0.6) is 0 Å². The SMILES string of the molecule is Cn1nc(C(=O)O)cc1CNC(=O)OCc1ccccc1. The number of aromatic carboxylic acids is 1. The van der Waals surface area contributed by atoms with Gasteiger partial charge < -0.3 is 15.2 Å². The van der Waals surface area contributed by atoms with Gasteiger partial charge in [0, 0.05) is 7.05 Å². The molecule has 0 radical (unpaired) electrons. The molecule has 21 heavy (non-hydrogen) atoms. The Morgan fingerprint density at radius 2 is 2.05 bits per heavy atom. The number of carbonyl (C=O) groups is 2. The Balaban J connectivity index is 1.82. The third-order valence-corrected chi connectivity index (χ3v) is 2.82. The van der Waals surface area contributed by atoms with Gasteiger partial charge in [0.05, 0.1) is 12.2 Å². The minimum absolute atomic E-state index is 0.0630. The number of hydrogen-bond donors (Lipinski definition) is 2. The van der Waals surface area contributed by atoms with Crippen LogP contribution in [0, 0.1) is 0 Å². The molecule has 0 saturated heterocycles. The number of nitrogens with one attached hydrogen (secondary N) is 1. The molecule has 2 N–H and O–H groups in total. The number of carbonyl (C=O) groups excluding carboxylic acids is 1. The standard InChI is InChI=1S/C14H15N3O4/c1-17-11(7-12(16-17)13(18)19)8-15-14(20)21-9-10-5-3-2-4-6-10/h2-7H,8-9H2,1H3,(H,15,20)(H,18,19). The van der Waals surface area contributed by atoms with E-state index in [4.69, 9.17) is 9.84 Å². The highest BCUT2D eigenvalue weighted by atomic mass is 16.5. The molecule has 0 spiro atoms. The Bertz CT molecular complexity index is 637. The number of amides is 1. The Morgan fingerprint density at radius 1 is 1.33 bits per heavy atom. The van der Waals surface area contributed by atoms with Gasteiger partial charge in [0.25, 0.3) is 0 Å². The van der Waals surface area contributed by atoms with Gasteiger partial charge in [-0.05, 0) is 11.6 Å². The molecule has 0 aliphatic heterocycles. The van der Waals surface area contributed by atoms with E-state index in [-0.39, 0.29) is 18.8 Å². The second-order valence-electron chi connectivity index (χ2n) is 4.36. The Hall–Kier alpha value is -2.83. The molecule has 110 valence electrons. The van der Waals surface area contributed by atoms with Gasteiger partial charge in [-0.2, -0.15) is 5.10 Å². The number of hydrogen-bond acceptors (Lipinski definition) is 4. The molecule has 0 unspecified atom stereocenters. The lowest BCUT2D eigenvalue weighted by Crippen LogP contribution is -2.24. The van der Waals surface area contributed by atoms with Gasteiger partial charge in [0.15, 0.2) is 5.69 Å². The second kappa shape index (κ2) is 6.56. The topological polar surface area (TPSA) is 93.5 Å². The maximum atomic E-state index is 11.6. The van der Waals surface area contributed by atoms with E-state index in [0.29, 0.717) is 5.69 Å². The van der Waals surface area contributed by atoms with Crippen molar-refractivity contribution in [1.29, 1.82) is 0 Å². The Kier molecular flexibility index (Phi) is 4.55. The van der Waals surface area contributed by atoms with Crippen LogP contribution in [0.25, 0.3) is 0 Å². The lowest BCUT2D eigenvalue weighted by molar-refractivity contribution is 0.0689. The molecule has 0 atom stereocenters. The fraction of sp³-hybridized carbons (Fsp3) is 0.214. The zero-order valence-electron chi connectivity index (χ0n) is 11.4. The Labute approximate surface area is 121 Å². The van der Waals surface area contributed by atoms with Crippen molar-refractivity contribution < 1.29 is 19.4 Å². The number of carboxylic acids is 1. The van der Waals surface area contributed by atoms with Crippen LogP contribution >= 0.6 is 0 Å². The zero-order valence-corrected chi connectivity index (χ0v) is 11.4. The van der Waals surface area contributed by atoms with Crippen molar-refractivity contribution in [3.8, 4) is 0 Å². The summed E-state index contributed by atoms with van der Waals surface area (Å²) in [6.07, 6.45) is -0.572. The highest BCUT2D eigenvalue weighted by Gasteiger charge is 2.12. The van der Waals surface area contributed by atoms with Crippen LogP contribution in [0.1, 0.15) is 21.7 Å². The van der Waals surface area contributed by atoms with E-state index >= 15 is 0 Å². The molecule has 2 aromatic rings. The molecule has 1 aromatic carbocycles. The molecular formula is C14H15N3O4. The number of ether oxygens (including phenoxy) is 1. The minimum Gasteiger partial charge on any atom is -0.476 e. The quantitative estimate of drug-likeness (QED) is 0.871. The summed E-state index contributed by atoms with van der Waals surface area (Å²) in [4.78, 5) is 22.3. The summed E-state index contributed by atoms with van der Waals surface area (Å²) in [5, 5.41) is 15.2. The molecule has 2 rings (SSSR count).